The second kappa shape index (κ2) is 7.52. The normalized spacial score (nSPS) is 14.2. The standard InChI is InChI=1S/C22H26N2O2/c1-25-13-9-16-15-19(26-2)6-7-20(16)21-5-3-4-17-14-18-8-10-23-11-12-24(18)22(17)21/h3-7,14-15,23H,8-13H2,1-2H3. The number of aromatic nitrogens is 1. The molecular formula is C22H26N2O2. The molecule has 0 amide bonds. The topological polar surface area (TPSA) is 35.4 Å². The Morgan fingerprint density at radius 1 is 1.04 bits per heavy atom. The van der Waals surface area contributed by atoms with Gasteiger partial charge in [-0.25, -0.2) is 0 Å². The first kappa shape index (κ1) is 17.1. The van der Waals surface area contributed by atoms with Gasteiger partial charge in [0.05, 0.1) is 19.2 Å². The smallest absolute Gasteiger partial charge is 0.119 e. The minimum Gasteiger partial charge on any atom is -0.497 e. The highest BCUT2D eigenvalue weighted by atomic mass is 16.5. The number of hydrogen-bond donors (Lipinski definition) is 1. The van der Waals surface area contributed by atoms with E-state index >= 15 is 0 Å². The van der Waals surface area contributed by atoms with Crippen LogP contribution in [0.2, 0.25) is 0 Å². The summed E-state index contributed by atoms with van der Waals surface area (Å²) in [5, 5.41) is 4.83. The van der Waals surface area contributed by atoms with Gasteiger partial charge in [-0.15, -0.1) is 0 Å². The molecule has 0 spiro atoms. The summed E-state index contributed by atoms with van der Waals surface area (Å²) in [6, 6.07) is 15.4. The van der Waals surface area contributed by atoms with E-state index in [0.717, 1.165) is 38.2 Å². The van der Waals surface area contributed by atoms with E-state index in [-0.39, 0.29) is 0 Å². The van der Waals surface area contributed by atoms with Gasteiger partial charge in [0.1, 0.15) is 5.75 Å². The van der Waals surface area contributed by atoms with Crippen LogP contribution in [0.15, 0.2) is 42.5 Å². The Morgan fingerprint density at radius 2 is 1.96 bits per heavy atom. The van der Waals surface area contributed by atoms with Crippen molar-refractivity contribution in [2.75, 3.05) is 33.9 Å². The number of benzene rings is 2. The number of methoxy groups -OCH3 is 2. The molecule has 1 N–H and O–H groups in total. The molecule has 0 atom stereocenters. The lowest BCUT2D eigenvalue weighted by atomic mass is 9.96. The molecule has 1 aromatic heterocycles. The first-order chi connectivity index (χ1) is 12.8. The van der Waals surface area contributed by atoms with Crippen molar-refractivity contribution in [1.82, 2.24) is 9.88 Å². The van der Waals surface area contributed by atoms with Crippen LogP contribution < -0.4 is 10.1 Å². The maximum Gasteiger partial charge on any atom is 0.119 e. The number of nitrogens with one attached hydrogen (secondary N) is 1. The molecule has 4 nitrogen and oxygen atoms in total. The van der Waals surface area contributed by atoms with E-state index in [0.29, 0.717) is 6.61 Å². The van der Waals surface area contributed by atoms with Gasteiger partial charge in [0, 0.05) is 49.8 Å². The predicted molar refractivity (Wildman–Crippen MR) is 106 cm³/mol. The Bertz CT molecular complexity index is 914. The molecule has 0 fully saturated rings. The monoisotopic (exact) mass is 350 g/mol. The number of ether oxygens (including phenoxy) is 2. The zero-order valence-corrected chi connectivity index (χ0v) is 15.5. The third-order valence-electron chi connectivity index (χ3n) is 5.25. The second-order valence-electron chi connectivity index (χ2n) is 6.80. The molecule has 4 rings (SSSR count). The minimum atomic E-state index is 0.701. The summed E-state index contributed by atoms with van der Waals surface area (Å²) in [5.74, 6) is 0.894. The van der Waals surface area contributed by atoms with Gasteiger partial charge in [0.2, 0.25) is 0 Å². The van der Waals surface area contributed by atoms with Gasteiger partial charge in [0.25, 0.3) is 0 Å². The van der Waals surface area contributed by atoms with Crippen LogP contribution in [0.25, 0.3) is 22.0 Å². The van der Waals surface area contributed by atoms with Gasteiger partial charge >= 0.3 is 0 Å². The highest BCUT2D eigenvalue weighted by Gasteiger charge is 2.17. The van der Waals surface area contributed by atoms with E-state index in [1.165, 1.54) is 33.3 Å². The number of nitrogens with zero attached hydrogens (tertiary/aromatic N) is 1. The molecule has 0 bridgehead atoms. The van der Waals surface area contributed by atoms with Crippen LogP contribution in [0.1, 0.15) is 11.3 Å². The van der Waals surface area contributed by atoms with Crippen molar-refractivity contribution in [3.8, 4) is 16.9 Å². The molecule has 1 aliphatic heterocycles. The van der Waals surface area contributed by atoms with Gasteiger partial charge in [-0.05, 0) is 35.7 Å². The Morgan fingerprint density at radius 3 is 2.81 bits per heavy atom. The van der Waals surface area contributed by atoms with Crippen molar-refractivity contribution in [2.24, 2.45) is 0 Å². The van der Waals surface area contributed by atoms with Gasteiger partial charge in [-0.2, -0.15) is 0 Å². The molecule has 3 aromatic rings. The second-order valence-corrected chi connectivity index (χ2v) is 6.80. The minimum absolute atomic E-state index is 0.701. The fraction of sp³-hybridized carbons (Fsp3) is 0.364. The molecular weight excluding hydrogens is 324 g/mol. The maximum atomic E-state index is 5.45. The summed E-state index contributed by atoms with van der Waals surface area (Å²) in [4.78, 5) is 0. The molecule has 2 heterocycles. The largest absolute Gasteiger partial charge is 0.497 e. The van der Waals surface area contributed by atoms with Crippen molar-refractivity contribution < 1.29 is 9.47 Å². The molecule has 0 aliphatic carbocycles. The fourth-order valence-corrected chi connectivity index (χ4v) is 3.97. The average molecular weight is 350 g/mol. The molecule has 1 aliphatic rings. The average Bonchev–Trinajstić information content (AvgIpc) is 2.87. The molecule has 0 saturated heterocycles. The summed E-state index contributed by atoms with van der Waals surface area (Å²) in [6.07, 6.45) is 1.95. The van der Waals surface area contributed by atoms with Crippen molar-refractivity contribution in [1.29, 1.82) is 0 Å². The van der Waals surface area contributed by atoms with Crippen LogP contribution in [0, 0.1) is 0 Å². The number of fused-ring (bicyclic) bond motifs is 3. The lowest BCUT2D eigenvalue weighted by molar-refractivity contribution is 0.202. The van der Waals surface area contributed by atoms with Crippen LogP contribution in [0.5, 0.6) is 5.75 Å². The quantitative estimate of drug-likeness (QED) is 0.763. The molecule has 2 aromatic carbocycles. The van der Waals surface area contributed by atoms with E-state index in [1.807, 2.05) is 0 Å². The Kier molecular flexibility index (Phi) is 4.96. The lowest BCUT2D eigenvalue weighted by Gasteiger charge is -2.15. The van der Waals surface area contributed by atoms with Gasteiger partial charge in [-0.3, -0.25) is 0 Å². The summed E-state index contributed by atoms with van der Waals surface area (Å²) < 4.78 is 13.3. The molecule has 0 saturated carbocycles. The molecule has 0 unspecified atom stereocenters. The van der Waals surface area contributed by atoms with Crippen LogP contribution >= 0.6 is 0 Å². The van der Waals surface area contributed by atoms with E-state index in [1.54, 1.807) is 14.2 Å². The zero-order valence-electron chi connectivity index (χ0n) is 15.5. The summed E-state index contributed by atoms with van der Waals surface area (Å²) in [5.41, 5.74) is 6.59. The molecule has 4 heteroatoms. The van der Waals surface area contributed by atoms with Gasteiger partial charge < -0.3 is 19.4 Å². The predicted octanol–water partition coefficient (Wildman–Crippen LogP) is 3.65. The van der Waals surface area contributed by atoms with Crippen LogP contribution in [0.3, 0.4) is 0 Å². The van der Waals surface area contributed by atoms with Gasteiger partial charge in [-0.1, -0.05) is 24.3 Å². The van der Waals surface area contributed by atoms with Crippen molar-refractivity contribution >= 4 is 10.9 Å². The summed E-state index contributed by atoms with van der Waals surface area (Å²) >= 11 is 0. The van der Waals surface area contributed by atoms with Crippen molar-refractivity contribution in [2.45, 2.75) is 19.4 Å². The molecule has 26 heavy (non-hydrogen) atoms. The highest BCUT2D eigenvalue weighted by molar-refractivity contribution is 5.96. The van der Waals surface area contributed by atoms with Crippen LogP contribution in [-0.2, 0) is 24.1 Å². The van der Waals surface area contributed by atoms with Crippen molar-refractivity contribution in [3.05, 3.63) is 53.7 Å². The lowest BCUT2D eigenvalue weighted by Crippen LogP contribution is -2.17. The summed E-state index contributed by atoms with van der Waals surface area (Å²) in [7, 11) is 3.47. The van der Waals surface area contributed by atoms with E-state index in [2.05, 4.69) is 52.3 Å². The summed E-state index contributed by atoms with van der Waals surface area (Å²) in [6.45, 7) is 3.78. The number of hydrogen-bond acceptors (Lipinski definition) is 3. The van der Waals surface area contributed by atoms with Crippen LogP contribution in [0.4, 0.5) is 0 Å². The third kappa shape index (κ3) is 3.11. The maximum absolute atomic E-state index is 5.45. The Labute approximate surface area is 154 Å². The zero-order chi connectivity index (χ0) is 17.9. The van der Waals surface area contributed by atoms with Crippen molar-refractivity contribution in [3.63, 3.8) is 0 Å². The van der Waals surface area contributed by atoms with Crippen LogP contribution in [-0.4, -0.2) is 38.5 Å². The third-order valence-corrected chi connectivity index (χ3v) is 5.25. The Balaban J connectivity index is 1.90. The first-order valence-corrected chi connectivity index (χ1v) is 9.30. The van der Waals surface area contributed by atoms with E-state index in [4.69, 9.17) is 9.47 Å². The van der Waals surface area contributed by atoms with E-state index in [9.17, 15) is 0 Å². The van der Waals surface area contributed by atoms with E-state index < -0.39 is 0 Å². The Hall–Kier alpha value is -2.30. The first-order valence-electron chi connectivity index (χ1n) is 9.30. The molecule has 136 valence electrons. The van der Waals surface area contributed by atoms with Gasteiger partial charge in [0.15, 0.2) is 0 Å². The number of para-hydroxylation sites is 1. The highest BCUT2D eigenvalue weighted by Crippen LogP contribution is 2.35. The molecule has 0 radical (unpaired) electrons. The SMILES string of the molecule is COCCc1cc(OC)ccc1-c1cccc2cc3n(c12)CCNCC3. The number of rotatable bonds is 5. The fourth-order valence-electron chi connectivity index (χ4n) is 3.97.